The molecule has 2 rings (SSSR count). The van der Waals surface area contributed by atoms with Crippen LogP contribution < -0.4 is 8.58 Å². The molecule has 0 amide bonds. The van der Waals surface area contributed by atoms with E-state index in [1.165, 1.54) is 42.2 Å². The van der Waals surface area contributed by atoms with Gasteiger partial charge in [-0.15, -0.1) is 0 Å². The first kappa shape index (κ1) is 14.6. The van der Waals surface area contributed by atoms with Gasteiger partial charge in [-0.05, 0) is 0 Å². The van der Waals surface area contributed by atoms with Gasteiger partial charge in [-0.1, -0.05) is 0 Å². The standard InChI is InChI=1S/2C8H12N.Ru/c2*1-6-5-9(4)8(3)7(6)2;/h2*1-4H3;. The third-order valence-corrected chi connectivity index (χ3v) is 7.85. The van der Waals surface area contributed by atoms with Gasteiger partial charge in [-0.3, -0.25) is 0 Å². The Labute approximate surface area is 124 Å². The fourth-order valence-electron chi connectivity index (χ4n) is 2.47. The van der Waals surface area contributed by atoms with E-state index in [0.29, 0.717) is 0 Å². The summed E-state index contributed by atoms with van der Waals surface area (Å²) in [5.41, 5.74) is 8.67. The Hall–Kier alpha value is -0.817. The first-order valence-electron chi connectivity index (χ1n) is 6.64. The van der Waals surface area contributed by atoms with Crippen molar-refractivity contribution >= 4 is 8.58 Å². The molecule has 0 aliphatic carbocycles. The second kappa shape index (κ2) is 4.94. The first-order valence-corrected chi connectivity index (χ1v) is 8.38. The van der Waals surface area contributed by atoms with Gasteiger partial charge < -0.3 is 0 Å². The van der Waals surface area contributed by atoms with Crippen molar-refractivity contribution < 1.29 is 17.1 Å². The van der Waals surface area contributed by atoms with Gasteiger partial charge in [0.05, 0.1) is 0 Å². The van der Waals surface area contributed by atoms with Crippen LogP contribution in [0.4, 0.5) is 0 Å². The molecule has 3 heteroatoms. The molecule has 0 aliphatic heterocycles. The molecule has 0 unspecified atom stereocenters. The van der Waals surface area contributed by atoms with Crippen LogP contribution in [0, 0.1) is 41.5 Å². The Morgan fingerprint density at radius 2 is 0.895 bits per heavy atom. The Kier molecular flexibility index (Phi) is 3.79. The molecule has 0 N–H and O–H groups in total. The topological polar surface area (TPSA) is 9.86 Å². The van der Waals surface area contributed by atoms with Crippen molar-refractivity contribution in [2.75, 3.05) is 0 Å². The molecular weight excluding hydrogens is 321 g/mol. The maximum atomic E-state index is 2.39. The molecule has 106 valence electrons. The van der Waals surface area contributed by atoms with Crippen LogP contribution in [0.15, 0.2) is 0 Å². The summed E-state index contributed by atoms with van der Waals surface area (Å²) in [7, 11) is 4.41. The van der Waals surface area contributed by atoms with Crippen LogP contribution in [0.5, 0.6) is 0 Å². The summed E-state index contributed by atoms with van der Waals surface area (Å²) in [5.74, 6) is 0. The minimum atomic E-state index is 0.0843. The second-order valence-electron chi connectivity index (χ2n) is 5.44. The number of hydrogen-bond donors (Lipinski definition) is 0. The Bertz CT molecular complexity index is 537. The molecule has 0 aromatic carbocycles. The van der Waals surface area contributed by atoms with Crippen LogP contribution in [0.3, 0.4) is 0 Å². The molecule has 0 saturated heterocycles. The minimum absolute atomic E-state index is 0.0843. The van der Waals surface area contributed by atoms with Crippen molar-refractivity contribution in [1.29, 1.82) is 0 Å². The summed E-state index contributed by atoms with van der Waals surface area (Å²) >= 11 is 0.0843. The van der Waals surface area contributed by atoms with Crippen molar-refractivity contribution in [2.24, 2.45) is 14.1 Å². The first-order chi connectivity index (χ1) is 8.77. The van der Waals surface area contributed by atoms with Crippen molar-refractivity contribution in [3.05, 3.63) is 33.6 Å². The third kappa shape index (κ3) is 2.12. The molecule has 2 aromatic rings. The predicted octanol–water partition coefficient (Wildman–Crippen LogP) is 2.25. The van der Waals surface area contributed by atoms with E-state index in [2.05, 4.69) is 64.8 Å². The predicted molar refractivity (Wildman–Crippen MR) is 78.5 cm³/mol. The van der Waals surface area contributed by atoms with Crippen LogP contribution in [-0.2, 0) is 31.2 Å². The molecular formula is C16H24N2Ru. The zero-order valence-electron chi connectivity index (χ0n) is 13.2. The maximum absolute atomic E-state index is 2.39. The number of rotatable bonds is 2. The van der Waals surface area contributed by atoms with Crippen LogP contribution in [-0.4, -0.2) is 9.13 Å². The molecule has 0 saturated carbocycles. The molecule has 0 aliphatic rings. The second-order valence-corrected chi connectivity index (χ2v) is 7.52. The molecule has 19 heavy (non-hydrogen) atoms. The summed E-state index contributed by atoms with van der Waals surface area (Å²) in [6, 6.07) is 0. The zero-order chi connectivity index (χ0) is 14.5. The average Bonchev–Trinajstić information content (AvgIpc) is 2.68. The summed E-state index contributed by atoms with van der Waals surface area (Å²) < 4.78 is 7.84. The van der Waals surface area contributed by atoms with Gasteiger partial charge in [0, 0.05) is 0 Å². The van der Waals surface area contributed by atoms with Gasteiger partial charge >= 0.3 is 124 Å². The van der Waals surface area contributed by atoms with Crippen molar-refractivity contribution in [3.8, 4) is 0 Å². The third-order valence-electron chi connectivity index (χ3n) is 4.56. The fraction of sp³-hybridized carbons (Fsp3) is 0.500. The molecule has 0 spiro atoms. The molecule has 0 bridgehead atoms. The van der Waals surface area contributed by atoms with Crippen LogP contribution >= 0.6 is 0 Å². The molecule has 0 atom stereocenters. The number of nitrogens with zero attached hydrogens (tertiary/aromatic N) is 2. The van der Waals surface area contributed by atoms with E-state index in [1.54, 1.807) is 0 Å². The number of aromatic nitrogens is 2. The van der Waals surface area contributed by atoms with E-state index < -0.39 is 0 Å². The van der Waals surface area contributed by atoms with Gasteiger partial charge in [-0.2, -0.15) is 0 Å². The van der Waals surface area contributed by atoms with E-state index in [9.17, 15) is 0 Å². The van der Waals surface area contributed by atoms with Gasteiger partial charge in [0.1, 0.15) is 0 Å². The van der Waals surface area contributed by atoms with Crippen LogP contribution in [0.1, 0.15) is 33.6 Å². The zero-order valence-corrected chi connectivity index (χ0v) is 15.0. The van der Waals surface area contributed by atoms with Gasteiger partial charge in [0.2, 0.25) is 0 Å². The summed E-state index contributed by atoms with van der Waals surface area (Å²) in [4.78, 5) is 0. The number of hydrogen-bond acceptors (Lipinski definition) is 0. The van der Waals surface area contributed by atoms with Gasteiger partial charge in [0.25, 0.3) is 0 Å². The Morgan fingerprint density at radius 3 is 1.11 bits per heavy atom. The van der Waals surface area contributed by atoms with E-state index in [1.807, 2.05) is 0 Å². The van der Waals surface area contributed by atoms with Crippen LogP contribution in [0.2, 0.25) is 0 Å². The van der Waals surface area contributed by atoms with Crippen molar-refractivity contribution in [3.63, 3.8) is 0 Å². The SMILES string of the molecule is Cc1c(C)[c]([Ru][c]2c(C)c(C)c(C)n2C)n(C)c1C. The summed E-state index contributed by atoms with van der Waals surface area (Å²) in [5, 5.41) is 0. The Balaban J connectivity index is 2.54. The summed E-state index contributed by atoms with van der Waals surface area (Å²) in [6.07, 6.45) is 0. The monoisotopic (exact) mass is 346 g/mol. The van der Waals surface area contributed by atoms with Crippen molar-refractivity contribution in [2.45, 2.75) is 41.5 Å². The van der Waals surface area contributed by atoms with Crippen molar-refractivity contribution in [1.82, 2.24) is 9.13 Å². The van der Waals surface area contributed by atoms with E-state index >= 15 is 0 Å². The normalized spacial score (nSPS) is 11.6. The van der Waals surface area contributed by atoms with Crippen LogP contribution in [0.25, 0.3) is 0 Å². The molecule has 2 heterocycles. The summed E-state index contributed by atoms with van der Waals surface area (Å²) in [6.45, 7) is 13.5. The van der Waals surface area contributed by atoms with Gasteiger partial charge in [-0.25, -0.2) is 0 Å². The van der Waals surface area contributed by atoms with E-state index in [4.69, 9.17) is 0 Å². The molecule has 0 fully saturated rings. The molecule has 2 aromatic heterocycles. The molecule has 2 nitrogen and oxygen atoms in total. The van der Waals surface area contributed by atoms with Gasteiger partial charge in [0.15, 0.2) is 0 Å². The average molecular weight is 345 g/mol. The Morgan fingerprint density at radius 1 is 0.579 bits per heavy atom. The van der Waals surface area contributed by atoms with E-state index in [-0.39, 0.29) is 17.1 Å². The molecule has 0 radical (unpaired) electrons. The fourth-order valence-corrected chi connectivity index (χ4v) is 5.33. The van der Waals surface area contributed by atoms with E-state index in [0.717, 1.165) is 0 Å². The quantitative estimate of drug-likeness (QED) is 0.739.